The molecule has 3 aromatic rings. The van der Waals surface area contributed by atoms with Gasteiger partial charge in [0.2, 0.25) is 0 Å². The summed E-state index contributed by atoms with van der Waals surface area (Å²) in [6, 6.07) is 14.1. The van der Waals surface area contributed by atoms with Gasteiger partial charge in [0.1, 0.15) is 0 Å². The molecule has 20 heavy (non-hydrogen) atoms. The van der Waals surface area contributed by atoms with Gasteiger partial charge in [0, 0.05) is 34.3 Å². The van der Waals surface area contributed by atoms with Crippen molar-refractivity contribution in [2.24, 2.45) is 0 Å². The van der Waals surface area contributed by atoms with Crippen molar-refractivity contribution in [3.05, 3.63) is 71.7 Å². The molecule has 0 spiro atoms. The maximum atomic E-state index is 4.28. The number of rotatable bonds is 3. The number of benzene rings is 1. The monoisotopic (exact) mass is 325 g/mol. The number of halogens is 1. The molecular formula is C16H12BrN3. The molecule has 3 rings (SSSR count). The predicted molar refractivity (Wildman–Crippen MR) is 84.9 cm³/mol. The molecule has 0 atom stereocenters. The third kappa shape index (κ3) is 3.03. The number of nitrogens with one attached hydrogen (secondary N) is 1. The van der Waals surface area contributed by atoms with Gasteiger partial charge in [0.05, 0.1) is 11.9 Å². The number of aromatic nitrogens is 2. The van der Waals surface area contributed by atoms with E-state index in [0.717, 1.165) is 27.0 Å². The van der Waals surface area contributed by atoms with E-state index in [4.69, 9.17) is 0 Å². The van der Waals surface area contributed by atoms with Crippen LogP contribution in [0.3, 0.4) is 0 Å². The van der Waals surface area contributed by atoms with E-state index in [1.54, 1.807) is 12.4 Å². The predicted octanol–water partition coefficient (Wildman–Crippen LogP) is 4.65. The van der Waals surface area contributed by atoms with E-state index in [9.17, 15) is 0 Å². The molecule has 1 aromatic carbocycles. The van der Waals surface area contributed by atoms with E-state index >= 15 is 0 Å². The Bertz CT molecular complexity index is 714. The fraction of sp³-hybridized carbons (Fsp3) is 0. The lowest BCUT2D eigenvalue weighted by Crippen LogP contribution is -1.92. The molecule has 0 radical (unpaired) electrons. The van der Waals surface area contributed by atoms with Crippen molar-refractivity contribution in [1.29, 1.82) is 0 Å². The van der Waals surface area contributed by atoms with Crippen molar-refractivity contribution in [3.63, 3.8) is 0 Å². The molecule has 0 saturated carbocycles. The molecule has 4 heteroatoms. The van der Waals surface area contributed by atoms with Gasteiger partial charge < -0.3 is 5.32 Å². The maximum absolute atomic E-state index is 4.28. The molecule has 0 aliphatic carbocycles. The lowest BCUT2D eigenvalue weighted by Gasteiger charge is -2.08. The highest BCUT2D eigenvalue weighted by Gasteiger charge is 2.01. The van der Waals surface area contributed by atoms with Crippen LogP contribution in [0.15, 0.2) is 71.7 Å². The second-order valence-corrected chi connectivity index (χ2v) is 5.25. The molecule has 0 fully saturated rings. The molecule has 0 aliphatic heterocycles. The van der Waals surface area contributed by atoms with Crippen molar-refractivity contribution >= 4 is 27.3 Å². The Kier molecular flexibility index (Phi) is 3.74. The first-order chi connectivity index (χ1) is 9.81. The van der Waals surface area contributed by atoms with Gasteiger partial charge in [-0.3, -0.25) is 9.97 Å². The van der Waals surface area contributed by atoms with Gasteiger partial charge in [-0.05, 0) is 42.0 Å². The second-order valence-electron chi connectivity index (χ2n) is 4.33. The molecular weight excluding hydrogens is 314 g/mol. The van der Waals surface area contributed by atoms with Crippen molar-refractivity contribution in [2.45, 2.75) is 0 Å². The molecule has 0 saturated heterocycles. The Morgan fingerprint density at radius 2 is 1.65 bits per heavy atom. The summed E-state index contributed by atoms with van der Waals surface area (Å²) in [5.41, 5.74) is 4.14. The summed E-state index contributed by atoms with van der Waals surface area (Å²) in [6.07, 6.45) is 7.22. The van der Waals surface area contributed by atoms with Gasteiger partial charge in [-0.25, -0.2) is 0 Å². The van der Waals surface area contributed by atoms with E-state index in [-0.39, 0.29) is 0 Å². The Balaban J connectivity index is 1.88. The van der Waals surface area contributed by atoms with Crippen LogP contribution in [0, 0.1) is 0 Å². The smallest absolute Gasteiger partial charge is 0.0576 e. The number of pyridine rings is 2. The largest absolute Gasteiger partial charge is 0.354 e. The van der Waals surface area contributed by atoms with Crippen LogP contribution in [-0.2, 0) is 0 Å². The van der Waals surface area contributed by atoms with Crippen molar-refractivity contribution in [1.82, 2.24) is 9.97 Å². The van der Waals surface area contributed by atoms with Crippen LogP contribution >= 0.6 is 15.9 Å². The third-order valence-electron chi connectivity index (χ3n) is 2.87. The van der Waals surface area contributed by atoms with Crippen molar-refractivity contribution in [2.75, 3.05) is 5.32 Å². The first-order valence-corrected chi connectivity index (χ1v) is 6.98. The molecule has 2 heterocycles. The Morgan fingerprint density at radius 3 is 2.45 bits per heavy atom. The molecule has 0 amide bonds. The molecule has 98 valence electrons. The SMILES string of the molecule is Brc1cccc(Nc2cncc(-c3ccncc3)c2)c1. The number of nitrogens with zero attached hydrogens (tertiary/aromatic N) is 2. The standard InChI is InChI=1S/C16H12BrN3/c17-14-2-1-3-15(9-14)20-16-8-13(10-19-11-16)12-4-6-18-7-5-12/h1-11,20H. The number of hydrogen-bond donors (Lipinski definition) is 1. The fourth-order valence-electron chi connectivity index (χ4n) is 1.94. The van der Waals surface area contributed by atoms with Crippen LogP contribution in [0.4, 0.5) is 11.4 Å². The maximum Gasteiger partial charge on any atom is 0.0576 e. The van der Waals surface area contributed by atoms with Gasteiger partial charge >= 0.3 is 0 Å². The molecule has 2 aromatic heterocycles. The minimum Gasteiger partial charge on any atom is -0.354 e. The normalized spacial score (nSPS) is 10.2. The Morgan fingerprint density at radius 1 is 0.800 bits per heavy atom. The second kappa shape index (κ2) is 5.84. The van der Waals surface area contributed by atoms with E-state index in [1.807, 2.05) is 48.8 Å². The van der Waals surface area contributed by atoms with Crippen LogP contribution in [0.2, 0.25) is 0 Å². The van der Waals surface area contributed by atoms with E-state index in [1.165, 1.54) is 0 Å². The van der Waals surface area contributed by atoms with Gasteiger partial charge in [-0.15, -0.1) is 0 Å². The van der Waals surface area contributed by atoms with Crippen LogP contribution in [0.5, 0.6) is 0 Å². The highest BCUT2D eigenvalue weighted by atomic mass is 79.9. The molecule has 0 aliphatic rings. The van der Waals surface area contributed by atoms with Crippen LogP contribution in [0.1, 0.15) is 0 Å². The highest BCUT2D eigenvalue weighted by Crippen LogP contribution is 2.24. The Labute approximate surface area is 125 Å². The van der Waals surface area contributed by atoms with Crippen molar-refractivity contribution < 1.29 is 0 Å². The van der Waals surface area contributed by atoms with E-state index in [0.29, 0.717) is 0 Å². The van der Waals surface area contributed by atoms with Crippen LogP contribution in [0.25, 0.3) is 11.1 Å². The fourth-order valence-corrected chi connectivity index (χ4v) is 2.34. The van der Waals surface area contributed by atoms with Crippen molar-refractivity contribution in [3.8, 4) is 11.1 Å². The van der Waals surface area contributed by atoms with Gasteiger partial charge in [0.15, 0.2) is 0 Å². The highest BCUT2D eigenvalue weighted by molar-refractivity contribution is 9.10. The molecule has 3 nitrogen and oxygen atoms in total. The third-order valence-corrected chi connectivity index (χ3v) is 3.36. The van der Waals surface area contributed by atoms with Crippen LogP contribution in [-0.4, -0.2) is 9.97 Å². The summed E-state index contributed by atoms with van der Waals surface area (Å²) in [5, 5.41) is 3.35. The van der Waals surface area contributed by atoms with Crippen LogP contribution < -0.4 is 5.32 Å². The zero-order valence-electron chi connectivity index (χ0n) is 10.6. The topological polar surface area (TPSA) is 37.8 Å². The lowest BCUT2D eigenvalue weighted by atomic mass is 10.1. The Hall–Kier alpha value is -2.20. The lowest BCUT2D eigenvalue weighted by molar-refractivity contribution is 1.30. The first kappa shape index (κ1) is 12.8. The zero-order valence-corrected chi connectivity index (χ0v) is 12.2. The summed E-state index contributed by atoms with van der Waals surface area (Å²) in [6.45, 7) is 0. The molecule has 1 N–H and O–H groups in total. The average molecular weight is 326 g/mol. The summed E-state index contributed by atoms with van der Waals surface area (Å²) in [7, 11) is 0. The average Bonchev–Trinajstić information content (AvgIpc) is 2.48. The summed E-state index contributed by atoms with van der Waals surface area (Å²) < 4.78 is 1.04. The first-order valence-electron chi connectivity index (χ1n) is 6.19. The summed E-state index contributed by atoms with van der Waals surface area (Å²) in [5.74, 6) is 0. The number of hydrogen-bond acceptors (Lipinski definition) is 3. The summed E-state index contributed by atoms with van der Waals surface area (Å²) in [4.78, 5) is 8.31. The van der Waals surface area contributed by atoms with E-state index in [2.05, 4.69) is 37.3 Å². The molecule has 0 unspecified atom stereocenters. The van der Waals surface area contributed by atoms with Gasteiger partial charge in [0.25, 0.3) is 0 Å². The molecule has 0 bridgehead atoms. The van der Waals surface area contributed by atoms with Gasteiger partial charge in [-0.2, -0.15) is 0 Å². The minimum absolute atomic E-state index is 0.956. The number of anilines is 2. The van der Waals surface area contributed by atoms with E-state index < -0.39 is 0 Å². The quantitative estimate of drug-likeness (QED) is 0.761. The zero-order chi connectivity index (χ0) is 13.8. The minimum atomic E-state index is 0.956. The summed E-state index contributed by atoms with van der Waals surface area (Å²) >= 11 is 3.46. The van der Waals surface area contributed by atoms with Gasteiger partial charge in [-0.1, -0.05) is 22.0 Å².